The molecule has 132 valence electrons. The van der Waals surface area contributed by atoms with E-state index in [0.29, 0.717) is 42.0 Å². The third-order valence-electron chi connectivity index (χ3n) is 5.57. The molecule has 2 aromatic heterocycles. The zero-order valence-corrected chi connectivity index (χ0v) is 15.3. The van der Waals surface area contributed by atoms with Crippen molar-refractivity contribution in [2.75, 3.05) is 6.54 Å². The predicted octanol–water partition coefficient (Wildman–Crippen LogP) is 3.76. The first-order chi connectivity index (χ1) is 11.8. The topological polar surface area (TPSA) is 55.5 Å². The van der Waals surface area contributed by atoms with Crippen LogP contribution in [-0.2, 0) is 13.0 Å². The van der Waals surface area contributed by atoms with Crippen molar-refractivity contribution in [1.29, 1.82) is 0 Å². The van der Waals surface area contributed by atoms with Gasteiger partial charge in [-0.3, -0.25) is 9.59 Å². The van der Waals surface area contributed by atoms with Crippen LogP contribution in [0.1, 0.15) is 71.2 Å². The number of aromatic nitrogens is 1. The van der Waals surface area contributed by atoms with E-state index < -0.39 is 0 Å². The molecule has 2 aromatic rings. The van der Waals surface area contributed by atoms with Gasteiger partial charge < -0.3 is 13.9 Å². The number of ketones is 1. The SMILES string of the molecule is Cc1c(C(=O)N2CCn3cccc3C2C)oc2c1C(=O)CC(C)(C)C2. The molecule has 0 saturated carbocycles. The molecule has 5 heteroatoms. The average Bonchev–Trinajstić information content (AvgIpc) is 3.11. The summed E-state index contributed by atoms with van der Waals surface area (Å²) in [4.78, 5) is 27.5. The van der Waals surface area contributed by atoms with E-state index in [1.165, 1.54) is 0 Å². The maximum absolute atomic E-state index is 13.2. The molecule has 3 heterocycles. The molecule has 0 N–H and O–H groups in total. The van der Waals surface area contributed by atoms with Crippen molar-refractivity contribution < 1.29 is 14.0 Å². The highest BCUT2D eigenvalue weighted by molar-refractivity contribution is 6.03. The molecule has 5 nitrogen and oxygen atoms in total. The quantitative estimate of drug-likeness (QED) is 0.794. The first-order valence-corrected chi connectivity index (χ1v) is 8.90. The van der Waals surface area contributed by atoms with Crippen LogP contribution in [0.25, 0.3) is 0 Å². The highest BCUT2D eigenvalue weighted by atomic mass is 16.4. The van der Waals surface area contributed by atoms with E-state index in [0.717, 1.165) is 12.2 Å². The van der Waals surface area contributed by atoms with Gasteiger partial charge in [0.1, 0.15) is 5.76 Å². The summed E-state index contributed by atoms with van der Waals surface area (Å²) in [6, 6.07) is 4.05. The van der Waals surface area contributed by atoms with Crippen LogP contribution >= 0.6 is 0 Å². The van der Waals surface area contributed by atoms with Gasteiger partial charge in [0.25, 0.3) is 5.91 Å². The van der Waals surface area contributed by atoms with Crippen molar-refractivity contribution in [2.24, 2.45) is 5.41 Å². The van der Waals surface area contributed by atoms with Gasteiger partial charge in [-0.25, -0.2) is 0 Å². The molecule has 0 spiro atoms. The van der Waals surface area contributed by atoms with E-state index in [1.54, 1.807) is 0 Å². The minimum Gasteiger partial charge on any atom is -0.455 e. The van der Waals surface area contributed by atoms with Crippen LogP contribution in [0.3, 0.4) is 0 Å². The normalized spacial score (nSPS) is 21.8. The Hall–Kier alpha value is -2.30. The molecule has 25 heavy (non-hydrogen) atoms. The van der Waals surface area contributed by atoms with Crippen LogP contribution < -0.4 is 0 Å². The second kappa shape index (κ2) is 5.35. The average molecular weight is 340 g/mol. The highest BCUT2D eigenvalue weighted by Gasteiger charge is 2.39. The number of hydrogen-bond acceptors (Lipinski definition) is 3. The second-order valence-corrected chi connectivity index (χ2v) is 8.10. The molecule has 0 aromatic carbocycles. The Morgan fingerprint density at radius 3 is 2.80 bits per heavy atom. The van der Waals surface area contributed by atoms with Gasteiger partial charge in [0.05, 0.1) is 11.6 Å². The van der Waals surface area contributed by atoms with Gasteiger partial charge >= 0.3 is 0 Å². The number of amides is 1. The molecule has 2 aliphatic rings. The minimum atomic E-state index is -0.117. The Balaban J connectivity index is 1.70. The lowest BCUT2D eigenvalue weighted by molar-refractivity contribution is 0.0606. The molecule has 0 fully saturated rings. The zero-order valence-electron chi connectivity index (χ0n) is 15.3. The van der Waals surface area contributed by atoms with Gasteiger partial charge in [-0.05, 0) is 31.4 Å². The summed E-state index contributed by atoms with van der Waals surface area (Å²) in [6.07, 6.45) is 3.24. The third-order valence-corrected chi connectivity index (χ3v) is 5.57. The van der Waals surface area contributed by atoms with Crippen LogP contribution in [0, 0.1) is 12.3 Å². The summed E-state index contributed by atoms with van der Waals surface area (Å²) in [7, 11) is 0. The monoisotopic (exact) mass is 340 g/mol. The molecule has 0 saturated heterocycles. The molecule has 0 radical (unpaired) electrons. The Bertz CT molecular complexity index is 872. The number of hydrogen-bond donors (Lipinski definition) is 0. The van der Waals surface area contributed by atoms with Gasteiger partial charge in [0, 0.05) is 43.4 Å². The fourth-order valence-corrected chi connectivity index (χ4v) is 4.27. The van der Waals surface area contributed by atoms with Gasteiger partial charge in [-0.1, -0.05) is 13.8 Å². The smallest absolute Gasteiger partial charge is 0.290 e. The van der Waals surface area contributed by atoms with E-state index >= 15 is 0 Å². The molecule has 1 amide bonds. The lowest BCUT2D eigenvalue weighted by Crippen LogP contribution is -2.40. The third kappa shape index (κ3) is 2.44. The van der Waals surface area contributed by atoms with E-state index in [-0.39, 0.29) is 23.1 Å². The predicted molar refractivity (Wildman–Crippen MR) is 93.8 cm³/mol. The van der Waals surface area contributed by atoms with Crippen LogP contribution in [0.2, 0.25) is 0 Å². The maximum Gasteiger partial charge on any atom is 0.290 e. The van der Waals surface area contributed by atoms with Crippen LogP contribution in [-0.4, -0.2) is 27.7 Å². The van der Waals surface area contributed by atoms with Gasteiger partial charge in [-0.2, -0.15) is 0 Å². The van der Waals surface area contributed by atoms with E-state index in [4.69, 9.17) is 4.42 Å². The second-order valence-electron chi connectivity index (χ2n) is 8.10. The summed E-state index contributed by atoms with van der Waals surface area (Å²) < 4.78 is 8.14. The largest absolute Gasteiger partial charge is 0.455 e. The standard InChI is InChI=1S/C20H24N2O3/c1-12-17-15(23)10-20(3,4)11-16(17)25-18(12)19(24)22-9-8-21-7-5-6-14(21)13(22)2/h5-7,13H,8-11H2,1-4H3. The number of rotatable bonds is 1. The molecule has 1 aliphatic carbocycles. The first-order valence-electron chi connectivity index (χ1n) is 8.90. The van der Waals surface area contributed by atoms with Gasteiger partial charge in [0.2, 0.25) is 0 Å². The van der Waals surface area contributed by atoms with Crippen LogP contribution in [0.4, 0.5) is 0 Å². The fraction of sp³-hybridized carbons (Fsp3) is 0.500. The zero-order chi connectivity index (χ0) is 17.9. The molecular formula is C20H24N2O3. The Morgan fingerprint density at radius 2 is 2.04 bits per heavy atom. The van der Waals surface area contributed by atoms with Crippen molar-refractivity contribution in [2.45, 2.75) is 53.1 Å². The summed E-state index contributed by atoms with van der Waals surface area (Å²) in [5.74, 6) is 0.989. The van der Waals surface area contributed by atoms with E-state index in [9.17, 15) is 9.59 Å². The summed E-state index contributed by atoms with van der Waals surface area (Å²) in [6.45, 7) is 9.43. The number of carbonyl (C=O) groups excluding carboxylic acids is 2. The first kappa shape index (κ1) is 16.2. The van der Waals surface area contributed by atoms with Crippen molar-refractivity contribution in [1.82, 2.24) is 9.47 Å². The Morgan fingerprint density at radius 1 is 1.28 bits per heavy atom. The maximum atomic E-state index is 13.2. The molecule has 1 atom stereocenters. The number of Topliss-reactive ketones (excluding diaryl/α,β-unsaturated/α-hetero) is 1. The molecular weight excluding hydrogens is 316 g/mol. The molecule has 1 aliphatic heterocycles. The molecule has 4 rings (SSSR count). The lowest BCUT2D eigenvalue weighted by Gasteiger charge is -2.34. The summed E-state index contributed by atoms with van der Waals surface area (Å²) in [5.41, 5.74) is 2.35. The Kier molecular flexibility index (Phi) is 3.46. The summed E-state index contributed by atoms with van der Waals surface area (Å²) in [5, 5.41) is 0. The van der Waals surface area contributed by atoms with Crippen LogP contribution in [0.15, 0.2) is 22.7 Å². The number of carbonyl (C=O) groups is 2. The number of nitrogens with zero attached hydrogens (tertiary/aromatic N) is 2. The van der Waals surface area contributed by atoms with Crippen molar-refractivity contribution >= 4 is 11.7 Å². The lowest BCUT2D eigenvalue weighted by atomic mass is 9.76. The number of furan rings is 1. The summed E-state index contributed by atoms with van der Waals surface area (Å²) >= 11 is 0. The molecule has 1 unspecified atom stereocenters. The van der Waals surface area contributed by atoms with Gasteiger partial charge in [0.15, 0.2) is 11.5 Å². The van der Waals surface area contributed by atoms with Crippen LogP contribution in [0.5, 0.6) is 0 Å². The van der Waals surface area contributed by atoms with Crippen molar-refractivity contribution in [3.8, 4) is 0 Å². The minimum absolute atomic E-state index is 0.00933. The van der Waals surface area contributed by atoms with Gasteiger partial charge in [-0.15, -0.1) is 0 Å². The van der Waals surface area contributed by atoms with Crippen molar-refractivity contribution in [3.63, 3.8) is 0 Å². The molecule has 0 bridgehead atoms. The van der Waals surface area contributed by atoms with Crippen molar-refractivity contribution in [3.05, 3.63) is 46.7 Å². The van der Waals surface area contributed by atoms with E-state index in [2.05, 4.69) is 24.5 Å². The Labute approximate surface area is 147 Å². The number of fused-ring (bicyclic) bond motifs is 2. The van der Waals surface area contributed by atoms with E-state index in [1.807, 2.05) is 31.0 Å². The fourth-order valence-electron chi connectivity index (χ4n) is 4.27. The highest BCUT2D eigenvalue weighted by Crippen LogP contribution is 2.39.